The lowest BCUT2D eigenvalue weighted by atomic mass is 9.66. The van der Waals surface area contributed by atoms with Gasteiger partial charge in [0.1, 0.15) is 11.6 Å². The maximum atomic E-state index is 11.3. The third kappa shape index (κ3) is 2.88. The maximum absolute atomic E-state index is 11.3. The van der Waals surface area contributed by atoms with Gasteiger partial charge in [-0.1, -0.05) is 6.42 Å². The molecule has 18 heavy (non-hydrogen) atoms. The molecule has 0 aromatic carbocycles. The molecule has 6 heteroatoms. The highest BCUT2D eigenvalue weighted by molar-refractivity contribution is 5.68. The van der Waals surface area contributed by atoms with Crippen LogP contribution in [-0.2, 0) is 4.79 Å². The molecule has 0 aliphatic heterocycles. The van der Waals surface area contributed by atoms with E-state index in [0.29, 0.717) is 18.2 Å². The Hall–Kier alpha value is -1.85. The largest absolute Gasteiger partial charge is 0.481 e. The van der Waals surface area contributed by atoms with Crippen LogP contribution < -0.4 is 10.9 Å². The van der Waals surface area contributed by atoms with Gasteiger partial charge in [0.25, 0.3) is 5.56 Å². The number of nitrogens with zero attached hydrogens (tertiary/aromatic N) is 1. The molecule has 0 unspecified atom stereocenters. The molecule has 0 amide bonds. The molecule has 1 saturated carbocycles. The van der Waals surface area contributed by atoms with E-state index in [0.717, 1.165) is 19.3 Å². The van der Waals surface area contributed by atoms with Crippen molar-refractivity contribution in [2.24, 2.45) is 5.41 Å². The summed E-state index contributed by atoms with van der Waals surface area (Å²) in [5, 5.41) is 12.0. The molecule has 1 aliphatic carbocycles. The first kappa shape index (κ1) is 12.6. The van der Waals surface area contributed by atoms with Gasteiger partial charge < -0.3 is 15.4 Å². The second-order valence-electron chi connectivity index (χ2n) is 4.99. The number of aromatic nitrogens is 2. The molecule has 0 spiro atoms. The quantitative estimate of drug-likeness (QED) is 0.729. The van der Waals surface area contributed by atoms with Crippen molar-refractivity contribution in [3.8, 4) is 0 Å². The third-order valence-corrected chi connectivity index (χ3v) is 3.45. The molecule has 0 atom stereocenters. The standard InChI is InChI=1S/C12H17N3O3/c1-8-14-9(5-10(16)15-8)13-7-12(3-2-4-12)6-11(17)18/h5H,2-4,6-7H2,1H3,(H,17,18)(H2,13,14,15,16). The first-order valence-corrected chi connectivity index (χ1v) is 6.03. The number of hydrogen-bond acceptors (Lipinski definition) is 4. The third-order valence-electron chi connectivity index (χ3n) is 3.45. The van der Waals surface area contributed by atoms with Gasteiger partial charge in [-0.3, -0.25) is 9.59 Å². The number of H-pyrrole nitrogens is 1. The molecule has 0 bridgehead atoms. The Morgan fingerprint density at radius 1 is 1.61 bits per heavy atom. The minimum atomic E-state index is -0.772. The Kier molecular flexibility index (Phi) is 3.36. The van der Waals surface area contributed by atoms with Crippen LogP contribution >= 0.6 is 0 Å². The van der Waals surface area contributed by atoms with Gasteiger partial charge in [0.15, 0.2) is 0 Å². The summed E-state index contributed by atoms with van der Waals surface area (Å²) in [7, 11) is 0. The predicted octanol–water partition coefficient (Wildman–Crippen LogP) is 1.14. The summed E-state index contributed by atoms with van der Waals surface area (Å²) < 4.78 is 0. The Labute approximate surface area is 104 Å². The SMILES string of the molecule is Cc1nc(NCC2(CC(=O)O)CCC2)cc(=O)[nH]1. The number of carbonyl (C=O) groups is 1. The fraction of sp³-hybridized carbons (Fsp3) is 0.583. The van der Waals surface area contributed by atoms with Crippen molar-refractivity contribution in [2.45, 2.75) is 32.6 Å². The smallest absolute Gasteiger partial charge is 0.303 e. The second kappa shape index (κ2) is 4.80. The molecule has 2 rings (SSSR count). The van der Waals surface area contributed by atoms with Crippen LogP contribution in [0.25, 0.3) is 0 Å². The van der Waals surface area contributed by atoms with Crippen molar-refractivity contribution < 1.29 is 9.90 Å². The number of anilines is 1. The van der Waals surface area contributed by atoms with Crippen LogP contribution in [0.5, 0.6) is 0 Å². The van der Waals surface area contributed by atoms with E-state index in [1.54, 1.807) is 6.92 Å². The highest BCUT2D eigenvalue weighted by Crippen LogP contribution is 2.43. The Balaban J connectivity index is 2.01. The number of aromatic amines is 1. The van der Waals surface area contributed by atoms with Crippen LogP contribution in [0.2, 0.25) is 0 Å². The molecule has 1 aliphatic rings. The fourth-order valence-corrected chi connectivity index (χ4v) is 2.36. The van der Waals surface area contributed by atoms with Gasteiger partial charge in [0, 0.05) is 12.6 Å². The van der Waals surface area contributed by atoms with Gasteiger partial charge in [0.05, 0.1) is 6.42 Å². The van der Waals surface area contributed by atoms with E-state index in [1.807, 2.05) is 0 Å². The molecule has 1 aromatic rings. The summed E-state index contributed by atoms with van der Waals surface area (Å²) in [6.45, 7) is 2.26. The second-order valence-corrected chi connectivity index (χ2v) is 4.99. The zero-order valence-corrected chi connectivity index (χ0v) is 10.3. The summed E-state index contributed by atoms with van der Waals surface area (Å²) in [4.78, 5) is 28.8. The molecular formula is C12H17N3O3. The lowest BCUT2D eigenvalue weighted by molar-refractivity contribution is -0.141. The van der Waals surface area contributed by atoms with E-state index in [-0.39, 0.29) is 17.4 Å². The van der Waals surface area contributed by atoms with Crippen LogP contribution in [0.1, 0.15) is 31.5 Å². The van der Waals surface area contributed by atoms with Crippen molar-refractivity contribution in [2.75, 3.05) is 11.9 Å². The summed E-state index contributed by atoms with van der Waals surface area (Å²) in [6.07, 6.45) is 3.06. The number of carboxylic acids is 1. The van der Waals surface area contributed by atoms with Gasteiger partial charge in [0.2, 0.25) is 0 Å². The van der Waals surface area contributed by atoms with Crippen LogP contribution in [0.3, 0.4) is 0 Å². The number of aliphatic carboxylic acids is 1. The Morgan fingerprint density at radius 2 is 2.33 bits per heavy atom. The van der Waals surface area contributed by atoms with Crippen molar-refractivity contribution in [1.29, 1.82) is 0 Å². The van der Waals surface area contributed by atoms with E-state index in [2.05, 4.69) is 15.3 Å². The summed E-state index contributed by atoms with van der Waals surface area (Å²) in [5.41, 5.74) is -0.379. The van der Waals surface area contributed by atoms with E-state index in [9.17, 15) is 9.59 Å². The summed E-state index contributed by atoms with van der Waals surface area (Å²) in [5.74, 6) is 0.283. The zero-order chi connectivity index (χ0) is 13.2. The lowest BCUT2D eigenvalue weighted by Crippen LogP contribution is -2.38. The maximum Gasteiger partial charge on any atom is 0.303 e. The number of nitrogens with one attached hydrogen (secondary N) is 2. The van der Waals surface area contributed by atoms with E-state index >= 15 is 0 Å². The highest BCUT2D eigenvalue weighted by atomic mass is 16.4. The van der Waals surface area contributed by atoms with Crippen molar-refractivity contribution in [1.82, 2.24) is 9.97 Å². The first-order valence-electron chi connectivity index (χ1n) is 6.03. The summed E-state index contributed by atoms with van der Waals surface area (Å²) >= 11 is 0. The van der Waals surface area contributed by atoms with Gasteiger partial charge >= 0.3 is 5.97 Å². The highest BCUT2D eigenvalue weighted by Gasteiger charge is 2.38. The van der Waals surface area contributed by atoms with Gasteiger partial charge in [-0.25, -0.2) is 4.98 Å². The summed E-state index contributed by atoms with van der Waals surface area (Å²) in [6, 6.07) is 1.39. The zero-order valence-electron chi connectivity index (χ0n) is 10.3. The van der Waals surface area contributed by atoms with Crippen molar-refractivity contribution >= 4 is 11.8 Å². The molecule has 1 aromatic heterocycles. The molecule has 6 nitrogen and oxygen atoms in total. The van der Waals surface area contributed by atoms with Crippen molar-refractivity contribution in [3.63, 3.8) is 0 Å². The molecule has 0 radical (unpaired) electrons. The van der Waals surface area contributed by atoms with Crippen molar-refractivity contribution in [3.05, 3.63) is 22.2 Å². The monoisotopic (exact) mass is 251 g/mol. The average molecular weight is 251 g/mol. The van der Waals surface area contributed by atoms with E-state index < -0.39 is 5.97 Å². The van der Waals surface area contributed by atoms with Crippen LogP contribution in [-0.4, -0.2) is 27.6 Å². The number of carboxylic acid groups (broad SMARTS) is 1. The van der Waals surface area contributed by atoms with Crippen LogP contribution in [0.4, 0.5) is 5.82 Å². The molecular weight excluding hydrogens is 234 g/mol. The first-order chi connectivity index (χ1) is 8.49. The number of aryl methyl sites for hydroxylation is 1. The molecule has 1 heterocycles. The Bertz CT molecular complexity index is 506. The topological polar surface area (TPSA) is 95.1 Å². The fourth-order valence-electron chi connectivity index (χ4n) is 2.36. The van der Waals surface area contributed by atoms with Gasteiger partial charge in [-0.2, -0.15) is 0 Å². The molecule has 98 valence electrons. The van der Waals surface area contributed by atoms with Gasteiger partial charge in [-0.15, -0.1) is 0 Å². The molecule has 3 N–H and O–H groups in total. The molecule has 0 saturated heterocycles. The van der Waals surface area contributed by atoms with Gasteiger partial charge in [-0.05, 0) is 25.2 Å². The number of rotatable bonds is 5. The van der Waals surface area contributed by atoms with Crippen LogP contribution in [0, 0.1) is 12.3 Å². The lowest BCUT2D eigenvalue weighted by Gasteiger charge is -2.41. The molecule has 1 fully saturated rings. The minimum Gasteiger partial charge on any atom is -0.481 e. The number of hydrogen-bond donors (Lipinski definition) is 3. The minimum absolute atomic E-state index is 0.169. The van der Waals surface area contributed by atoms with E-state index in [1.165, 1.54) is 6.07 Å². The Morgan fingerprint density at radius 3 is 2.83 bits per heavy atom. The normalized spacial score (nSPS) is 16.9. The van der Waals surface area contributed by atoms with Crippen LogP contribution in [0.15, 0.2) is 10.9 Å². The average Bonchev–Trinajstić information content (AvgIpc) is 2.20. The van der Waals surface area contributed by atoms with E-state index in [4.69, 9.17) is 5.11 Å². The predicted molar refractivity (Wildman–Crippen MR) is 66.6 cm³/mol.